The van der Waals surface area contributed by atoms with Crippen LogP contribution in [0.2, 0.25) is 0 Å². The van der Waals surface area contributed by atoms with E-state index in [1.165, 1.54) is 12.8 Å². The molecule has 102 valence electrons. The Bertz CT molecular complexity index is 482. The molecule has 19 heavy (non-hydrogen) atoms. The average Bonchev–Trinajstić information content (AvgIpc) is 3.00. The Labute approximate surface area is 115 Å². The number of phenolic OH excluding ortho intramolecular Hbond substituents is 1. The zero-order valence-electron chi connectivity index (χ0n) is 11.7. The van der Waals surface area contributed by atoms with E-state index < -0.39 is 0 Å². The number of aromatic hydroxyl groups is 1. The molecule has 5 atom stereocenters. The Balaban J connectivity index is 1.63. The maximum atomic E-state index is 9.56. The predicted molar refractivity (Wildman–Crippen MR) is 78.0 cm³/mol. The van der Waals surface area contributed by atoms with Crippen molar-refractivity contribution in [3.05, 3.63) is 42.0 Å². The van der Waals surface area contributed by atoms with E-state index >= 15 is 0 Å². The van der Waals surface area contributed by atoms with Gasteiger partial charge in [-0.3, -0.25) is 0 Å². The van der Waals surface area contributed by atoms with Crippen molar-refractivity contribution in [2.45, 2.75) is 38.8 Å². The highest BCUT2D eigenvalue weighted by molar-refractivity contribution is 5.29. The maximum absolute atomic E-state index is 9.56. The van der Waals surface area contributed by atoms with Gasteiger partial charge in [-0.25, -0.2) is 0 Å². The van der Waals surface area contributed by atoms with Gasteiger partial charge in [0.2, 0.25) is 0 Å². The van der Waals surface area contributed by atoms with Gasteiger partial charge in [0.05, 0.1) is 0 Å². The molecule has 1 saturated carbocycles. The lowest BCUT2D eigenvalue weighted by Gasteiger charge is -2.29. The molecule has 2 aliphatic carbocycles. The summed E-state index contributed by atoms with van der Waals surface area (Å²) in [5.74, 6) is 2.73. The molecule has 2 nitrogen and oxygen atoms in total. The molecule has 2 aliphatic rings. The highest BCUT2D eigenvalue weighted by atomic mass is 16.3. The molecule has 5 unspecified atom stereocenters. The number of nitrogens with one attached hydrogen (secondary N) is 1. The van der Waals surface area contributed by atoms with Gasteiger partial charge in [-0.2, -0.15) is 0 Å². The molecule has 0 heterocycles. The summed E-state index contributed by atoms with van der Waals surface area (Å²) < 4.78 is 0. The van der Waals surface area contributed by atoms with E-state index in [0.29, 0.717) is 11.8 Å². The monoisotopic (exact) mass is 257 g/mol. The standard InChI is InChI=1S/C17H23NO/c1-11(14-4-3-5-16(19)10-14)18-12(2)17-9-13-6-7-15(17)8-13/h3-7,10-13,15,17-19H,8-9H2,1-2H3. The van der Waals surface area contributed by atoms with Crippen molar-refractivity contribution < 1.29 is 5.11 Å². The van der Waals surface area contributed by atoms with Crippen molar-refractivity contribution in [2.75, 3.05) is 0 Å². The zero-order chi connectivity index (χ0) is 13.4. The molecule has 2 N–H and O–H groups in total. The van der Waals surface area contributed by atoms with Gasteiger partial charge in [-0.15, -0.1) is 0 Å². The lowest BCUT2D eigenvalue weighted by Crippen LogP contribution is -2.37. The highest BCUT2D eigenvalue weighted by Gasteiger charge is 2.38. The minimum Gasteiger partial charge on any atom is -0.508 e. The number of rotatable bonds is 4. The molecule has 3 rings (SSSR count). The Morgan fingerprint density at radius 2 is 2.05 bits per heavy atom. The fourth-order valence-electron chi connectivity index (χ4n) is 3.81. The van der Waals surface area contributed by atoms with Crippen LogP contribution in [0.25, 0.3) is 0 Å². The maximum Gasteiger partial charge on any atom is 0.115 e. The molecular weight excluding hydrogens is 234 g/mol. The van der Waals surface area contributed by atoms with Gasteiger partial charge in [-0.05, 0) is 62.1 Å². The van der Waals surface area contributed by atoms with Crippen LogP contribution in [-0.2, 0) is 0 Å². The second kappa shape index (κ2) is 5.01. The van der Waals surface area contributed by atoms with Gasteiger partial charge in [0.15, 0.2) is 0 Å². The summed E-state index contributed by atoms with van der Waals surface area (Å²) in [5.41, 5.74) is 1.16. The first kappa shape index (κ1) is 12.7. The van der Waals surface area contributed by atoms with E-state index in [-0.39, 0.29) is 6.04 Å². The van der Waals surface area contributed by atoms with Crippen LogP contribution in [0.3, 0.4) is 0 Å². The molecule has 0 radical (unpaired) electrons. The second-order valence-electron chi connectivity index (χ2n) is 6.22. The molecule has 0 aliphatic heterocycles. The summed E-state index contributed by atoms with van der Waals surface area (Å²) in [6.07, 6.45) is 7.50. The number of hydrogen-bond donors (Lipinski definition) is 2. The lowest BCUT2D eigenvalue weighted by atomic mass is 9.87. The SMILES string of the molecule is CC(NC(C)C1CC2C=CC1C2)c1cccc(O)c1. The quantitative estimate of drug-likeness (QED) is 0.807. The Morgan fingerprint density at radius 3 is 2.68 bits per heavy atom. The summed E-state index contributed by atoms with van der Waals surface area (Å²) in [6, 6.07) is 8.37. The van der Waals surface area contributed by atoms with Gasteiger partial charge in [-0.1, -0.05) is 24.3 Å². The van der Waals surface area contributed by atoms with Crippen molar-refractivity contribution in [1.82, 2.24) is 5.32 Å². The molecular formula is C17H23NO. The lowest BCUT2D eigenvalue weighted by molar-refractivity contribution is 0.307. The van der Waals surface area contributed by atoms with E-state index in [2.05, 4.69) is 37.4 Å². The summed E-state index contributed by atoms with van der Waals surface area (Å²) >= 11 is 0. The van der Waals surface area contributed by atoms with Crippen LogP contribution in [0, 0.1) is 17.8 Å². The third-order valence-electron chi connectivity index (χ3n) is 4.86. The first-order valence-electron chi connectivity index (χ1n) is 7.37. The van der Waals surface area contributed by atoms with Crippen molar-refractivity contribution in [1.29, 1.82) is 0 Å². The molecule has 0 amide bonds. The number of fused-ring (bicyclic) bond motifs is 2. The fraction of sp³-hybridized carbons (Fsp3) is 0.529. The van der Waals surface area contributed by atoms with Gasteiger partial charge in [0, 0.05) is 12.1 Å². The smallest absolute Gasteiger partial charge is 0.115 e. The summed E-state index contributed by atoms with van der Waals surface area (Å²) in [7, 11) is 0. The Hall–Kier alpha value is -1.28. The molecule has 0 aromatic heterocycles. The molecule has 1 aromatic rings. The minimum atomic E-state index is 0.283. The van der Waals surface area contributed by atoms with Crippen LogP contribution < -0.4 is 5.32 Å². The van der Waals surface area contributed by atoms with E-state index in [9.17, 15) is 5.11 Å². The van der Waals surface area contributed by atoms with Crippen LogP contribution in [0.5, 0.6) is 5.75 Å². The van der Waals surface area contributed by atoms with Gasteiger partial charge in [0.1, 0.15) is 5.75 Å². The second-order valence-corrected chi connectivity index (χ2v) is 6.22. The van der Waals surface area contributed by atoms with E-state index in [0.717, 1.165) is 23.3 Å². The van der Waals surface area contributed by atoms with Gasteiger partial charge < -0.3 is 10.4 Å². The summed E-state index contributed by atoms with van der Waals surface area (Å²) in [6.45, 7) is 4.48. The molecule has 1 fully saturated rings. The van der Waals surface area contributed by atoms with Crippen molar-refractivity contribution in [2.24, 2.45) is 17.8 Å². The number of allylic oxidation sites excluding steroid dienone is 2. The first-order chi connectivity index (χ1) is 9.13. The molecule has 2 bridgehead atoms. The largest absolute Gasteiger partial charge is 0.508 e. The van der Waals surface area contributed by atoms with E-state index in [1.807, 2.05) is 12.1 Å². The third kappa shape index (κ3) is 2.55. The van der Waals surface area contributed by atoms with Crippen LogP contribution in [0.4, 0.5) is 0 Å². The van der Waals surface area contributed by atoms with Crippen LogP contribution in [-0.4, -0.2) is 11.1 Å². The Morgan fingerprint density at radius 1 is 1.21 bits per heavy atom. The molecule has 0 saturated heterocycles. The molecule has 0 spiro atoms. The minimum absolute atomic E-state index is 0.283. The highest BCUT2D eigenvalue weighted by Crippen LogP contribution is 2.45. The topological polar surface area (TPSA) is 32.3 Å². The zero-order valence-corrected chi connectivity index (χ0v) is 11.7. The normalized spacial score (nSPS) is 31.6. The van der Waals surface area contributed by atoms with Crippen molar-refractivity contribution >= 4 is 0 Å². The number of benzene rings is 1. The summed E-state index contributed by atoms with van der Waals surface area (Å²) in [5, 5.41) is 13.3. The number of phenols is 1. The van der Waals surface area contributed by atoms with Crippen molar-refractivity contribution in [3.8, 4) is 5.75 Å². The van der Waals surface area contributed by atoms with E-state index in [4.69, 9.17) is 0 Å². The van der Waals surface area contributed by atoms with Crippen LogP contribution in [0.15, 0.2) is 36.4 Å². The number of hydrogen-bond acceptors (Lipinski definition) is 2. The van der Waals surface area contributed by atoms with Gasteiger partial charge in [0.25, 0.3) is 0 Å². The van der Waals surface area contributed by atoms with E-state index in [1.54, 1.807) is 6.07 Å². The first-order valence-corrected chi connectivity index (χ1v) is 7.37. The van der Waals surface area contributed by atoms with Crippen LogP contribution >= 0.6 is 0 Å². The molecule has 2 heteroatoms. The average molecular weight is 257 g/mol. The fourth-order valence-corrected chi connectivity index (χ4v) is 3.81. The predicted octanol–water partition coefficient (Wildman–Crippen LogP) is 3.64. The molecule has 1 aromatic carbocycles. The van der Waals surface area contributed by atoms with Crippen molar-refractivity contribution in [3.63, 3.8) is 0 Å². The van der Waals surface area contributed by atoms with Gasteiger partial charge >= 0.3 is 0 Å². The Kier molecular flexibility index (Phi) is 3.36. The third-order valence-corrected chi connectivity index (χ3v) is 4.86. The summed E-state index contributed by atoms with van der Waals surface area (Å²) in [4.78, 5) is 0. The van der Waals surface area contributed by atoms with Crippen LogP contribution in [0.1, 0.15) is 38.3 Å².